The van der Waals surface area contributed by atoms with E-state index in [4.69, 9.17) is 11.6 Å². The number of pyridine rings is 1. The van der Waals surface area contributed by atoms with Crippen molar-refractivity contribution in [2.45, 2.75) is 25.8 Å². The molecule has 0 unspecified atom stereocenters. The van der Waals surface area contributed by atoms with Gasteiger partial charge in [-0.3, -0.25) is 4.90 Å². The van der Waals surface area contributed by atoms with E-state index >= 15 is 0 Å². The third-order valence-electron chi connectivity index (χ3n) is 2.90. The minimum Gasteiger partial charge on any atom is -0.297 e. The lowest BCUT2D eigenvalue weighted by Gasteiger charge is -2.22. The fourth-order valence-electron chi connectivity index (χ4n) is 2.17. The average Bonchev–Trinajstić information content (AvgIpc) is 2.67. The molecule has 1 saturated heterocycles. The van der Waals surface area contributed by atoms with Crippen LogP contribution in [0.3, 0.4) is 0 Å². The summed E-state index contributed by atoms with van der Waals surface area (Å²) in [6.07, 6.45) is 4.44. The van der Waals surface area contributed by atoms with Crippen molar-refractivity contribution in [2.75, 3.05) is 13.1 Å². The van der Waals surface area contributed by atoms with Crippen LogP contribution in [0.25, 0.3) is 0 Å². The Morgan fingerprint density at radius 1 is 1.57 bits per heavy atom. The Morgan fingerprint density at radius 2 is 2.43 bits per heavy atom. The van der Waals surface area contributed by atoms with Crippen LogP contribution >= 0.6 is 11.6 Å². The highest BCUT2D eigenvalue weighted by Gasteiger charge is 2.24. The lowest BCUT2D eigenvalue weighted by atomic mass is 10.1. The summed E-state index contributed by atoms with van der Waals surface area (Å²) in [4.78, 5) is 6.62. The van der Waals surface area contributed by atoms with E-state index < -0.39 is 0 Å². The lowest BCUT2D eigenvalue weighted by Crippen LogP contribution is -2.22. The highest BCUT2D eigenvalue weighted by molar-refractivity contribution is 6.29. The zero-order valence-corrected chi connectivity index (χ0v) is 9.17. The van der Waals surface area contributed by atoms with Crippen LogP contribution in [-0.2, 0) is 0 Å². The maximum absolute atomic E-state index is 5.76. The highest BCUT2D eigenvalue weighted by Crippen LogP contribution is 2.31. The second-order valence-corrected chi connectivity index (χ2v) is 4.09. The molecule has 0 radical (unpaired) electrons. The molecule has 3 heteroatoms. The first-order valence-corrected chi connectivity index (χ1v) is 5.54. The molecule has 1 atom stereocenters. The van der Waals surface area contributed by atoms with E-state index in [0.717, 1.165) is 6.54 Å². The second kappa shape index (κ2) is 4.28. The van der Waals surface area contributed by atoms with Gasteiger partial charge >= 0.3 is 0 Å². The van der Waals surface area contributed by atoms with Crippen molar-refractivity contribution in [3.05, 3.63) is 29.0 Å². The van der Waals surface area contributed by atoms with Crippen LogP contribution in [0, 0.1) is 0 Å². The first-order chi connectivity index (χ1) is 6.81. The molecule has 2 nitrogen and oxygen atoms in total. The number of halogens is 1. The fourth-order valence-corrected chi connectivity index (χ4v) is 2.28. The Morgan fingerprint density at radius 3 is 3.07 bits per heavy atom. The summed E-state index contributed by atoms with van der Waals surface area (Å²) in [5, 5.41) is 0.579. The van der Waals surface area contributed by atoms with Crippen molar-refractivity contribution in [2.24, 2.45) is 0 Å². The van der Waals surface area contributed by atoms with Gasteiger partial charge in [0.1, 0.15) is 5.15 Å². The van der Waals surface area contributed by atoms with E-state index in [-0.39, 0.29) is 0 Å². The van der Waals surface area contributed by atoms with Crippen LogP contribution in [0.4, 0.5) is 0 Å². The largest absolute Gasteiger partial charge is 0.297 e. The van der Waals surface area contributed by atoms with E-state index in [0.29, 0.717) is 11.2 Å². The molecule has 0 saturated carbocycles. The number of aromatic nitrogens is 1. The summed E-state index contributed by atoms with van der Waals surface area (Å²) >= 11 is 5.76. The van der Waals surface area contributed by atoms with Gasteiger partial charge in [-0.15, -0.1) is 0 Å². The van der Waals surface area contributed by atoms with Crippen molar-refractivity contribution in [1.82, 2.24) is 9.88 Å². The monoisotopic (exact) mass is 210 g/mol. The summed E-state index contributed by atoms with van der Waals surface area (Å²) in [5.41, 5.74) is 1.30. The van der Waals surface area contributed by atoms with Crippen molar-refractivity contribution in [3.8, 4) is 0 Å². The van der Waals surface area contributed by atoms with Crippen molar-refractivity contribution < 1.29 is 0 Å². The summed E-state index contributed by atoms with van der Waals surface area (Å²) in [5.74, 6) is 0. The molecule has 1 aliphatic heterocycles. The minimum atomic E-state index is 0.560. The predicted octanol–water partition coefficient (Wildman–Crippen LogP) is 2.89. The molecule has 14 heavy (non-hydrogen) atoms. The molecule has 0 N–H and O–H groups in total. The lowest BCUT2D eigenvalue weighted by molar-refractivity contribution is 0.271. The zero-order valence-electron chi connectivity index (χ0n) is 8.41. The van der Waals surface area contributed by atoms with Crippen LogP contribution in [0.5, 0.6) is 0 Å². The van der Waals surface area contributed by atoms with Crippen molar-refractivity contribution in [1.29, 1.82) is 0 Å². The van der Waals surface area contributed by atoms with E-state index in [1.165, 1.54) is 24.9 Å². The second-order valence-electron chi connectivity index (χ2n) is 3.70. The molecule has 2 heterocycles. The third kappa shape index (κ3) is 1.91. The van der Waals surface area contributed by atoms with E-state index in [9.17, 15) is 0 Å². The van der Waals surface area contributed by atoms with E-state index in [1.807, 2.05) is 12.3 Å². The number of hydrogen-bond donors (Lipinski definition) is 0. The fraction of sp³-hybridized carbons (Fsp3) is 0.545. The van der Waals surface area contributed by atoms with Gasteiger partial charge in [-0.25, -0.2) is 4.98 Å². The molecule has 0 aromatic carbocycles. The smallest absolute Gasteiger partial charge is 0.129 e. The molecule has 0 amide bonds. The van der Waals surface area contributed by atoms with Crippen molar-refractivity contribution in [3.63, 3.8) is 0 Å². The van der Waals surface area contributed by atoms with Gasteiger partial charge in [0.25, 0.3) is 0 Å². The van der Waals surface area contributed by atoms with Crippen molar-refractivity contribution >= 4 is 11.6 Å². The number of rotatable bonds is 2. The molecule has 1 aliphatic rings. The van der Waals surface area contributed by atoms with E-state index in [1.54, 1.807) is 0 Å². The molecular weight excluding hydrogens is 196 g/mol. The standard InChI is InChI=1S/C11H15ClN2/c1-2-14-7-3-4-10(14)9-5-6-11(12)13-8-9/h5-6,8,10H,2-4,7H2,1H3/t10-/m1/s1. The van der Waals surface area contributed by atoms with Gasteiger partial charge in [0.2, 0.25) is 0 Å². The molecule has 1 aromatic heterocycles. The topological polar surface area (TPSA) is 16.1 Å². The molecule has 0 bridgehead atoms. The number of nitrogens with zero attached hydrogens (tertiary/aromatic N) is 2. The zero-order chi connectivity index (χ0) is 9.97. The SMILES string of the molecule is CCN1CCC[C@@H]1c1ccc(Cl)nc1. The van der Waals surface area contributed by atoms with Gasteiger partial charge in [0, 0.05) is 12.2 Å². The van der Waals surface area contributed by atoms with Crippen LogP contribution in [0.15, 0.2) is 18.3 Å². The van der Waals surface area contributed by atoms with E-state index in [2.05, 4.69) is 22.9 Å². The Balaban J connectivity index is 2.17. The van der Waals surface area contributed by atoms with Crippen LogP contribution < -0.4 is 0 Å². The Kier molecular flexibility index (Phi) is 3.04. The van der Waals surface area contributed by atoms with Gasteiger partial charge < -0.3 is 0 Å². The van der Waals surface area contributed by atoms with Crippen LogP contribution in [0.2, 0.25) is 5.15 Å². The quantitative estimate of drug-likeness (QED) is 0.698. The summed E-state index contributed by atoms with van der Waals surface area (Å²) in [6.45, 7) is 4.54. The Bertz CT molecular complexity index is 297. The normalized spacial score (nSPS) is 22.9. The molecular formula is C11H15ClN2. The Hall–Kier alpha value is -0.600. The maximum atomic E-state index is 5.76. The molecule has 1 aromatic rings. The maximum Gasteiger partial charge on any atom is 0.129 e. The van der Waals surface area contributed by atoms with Crippen LogP contribution in [0.1, 0.15) is 31.4 Å². The van der Waals surface area contributed by atoms with Gasteiger partial charge in [-0.2, -0.15) is 0 Å². The summed E-state index contributed by atoms with van der Waals surface area (Å²) in [6, 6.07) is 4.53. The molecule has 2 rings (SSSR count). The van der Waals surface area contributed by atoms with Gasteiger partial charge in [0.15, 0.2) is 0 Å². The Labute approximate surface area is 89.9 Å². The number of likely N-dealkylation sites (tertiary alicyclic amines) is 1. The van der Waals surface area contributed by atoms with Gasteiger partial charge in [-0.05, 0) is 37.6 Å². The third-order valence-corrected chi connectivity index (χ3v) is 3.13. The first-order valence-electron chi connectivity index (χ1n) is 5.16. The molecule has 1 fully saturated rings. The van der Waals surface area contributed by atoms with Gasteiger partial charge in [0.05, 0.1) is 0 Å². The molecule has 76 valence electrons. The summed E-state index contributed by atoms with van der Waals surface area (Å²) in [7, 11) is 0. The number of hydrogen-bond acceptors (Lipinski definition) is 2. The summed E-state index contributed by atoms with van der Waals surface area (Å²) < 4.78 is 0. The minimum absolute atomic E-state index is 0.560. The van der Waals surface area contributed by atoms with Crippen LogP contribution in [-0.4, -0.2) is 23.0 Å². The predicted molar refractivity (Wildman–Crippen MR) is 58.5 cm³/mol. The van der Waals surface area contributed by atoms with Gasteiger partial charge in [-0.1, -0.05) is 24.6 Å². The average molecular weight is 211 g/mol. The molecule has 0 spiro atoms. The first kappa shape index (κ1) is 9.94. The highest BCUT2D eigenvalue weighted by atomic mass is 35.5. The molecule has 0 aliphatic carbocycles.